The third kappa shape index (κ3) is 3.31. The lowest BCUT2D eigenvalue weighted by atomic mass is 10.2. The molecule has 1 aromatic rings. The van der Waals surface area contributed by atoms with Crippen LogP contribution in [-0.4, -0.2) is 39.4 Å². The van der Waals surface area contributed by atoms with Crippen LogP contribution < -0.4 is 0 Å². The maximum Gasteiger partial charge on any atom is 0.309 e. The van der Waals surface area contributed by atoms with Crippen molar-refractivity contribution in [3.63, 3.8) is 0 Å². The highest BCUT2D eigenvalue weighted by molar-refractivity contribution is 9.10. The van der Waals surface area contributed by atoms with E-state index in [1.807, 2.05) is 0 Å². The molecule has 0 saturated heterocycles. The van der Waals surface area contributed by atoms with Crippen LogP contribution in [0.5, 0.6) is 0 Å². The molecule has 0 radical (unpaired) electrons. The van der Waals surface area contributed by atoms with Crippen molar-refractivity contribution in [3.05, 3.63) is 15.9 Å². The van der Waals surface area contributed by atoms with Gasteiger partial charge in [0.1, 0.15) is 4.21 Å². The number of sulfonamides is 1. The third-order valence-corrected chi connectivity index (χ3v) is 6.83. The Morgan fingerprint density at radius 2 is 2.22 bits per heavy atom. The van der Waals surface area contributed by atoms with Crippen LogP contribution in [0.4, 0.5) is 0 Å². The number of halogens is 1. The SMILES string of the molecule is COC(=O)C(C)CN(C)S(=O)(=O)c1sccc1Br. The van der Waals surface area contributed by atoms with Gasteiger partial charge >= 0.3 is 5.97 Å². The summed E-state index contributed by atoms with van der Waals surface area (Å²) < 4.78 is 30.9. The third-order valence-electron chi connectivity index (χ3n) is 2.36. The summed E-state index contributed by atoms with van der Waals surface area (Å²) in [5, 5.41) is 1.69. The van der Waals surface area contributed by atoms with Gasteiger partial charge in [-0.25, -0.2) is 8.42 Å². The molecule has 8 heteroatoms. The molecule has 0 amide bonds. The van der Waals surface area contributed by atoms with Crippen LogP contribution in [0.3, 0.4) is 0 Å². The fourth-order valence-electron chi connectivity index (χ4n) is 1.36. The zero-order chi connectivity index (χ0) is 13.9. The highest BCUT2D eigenvalue weighted by Crippen LogP contribution is 2.30. The van der Waals surface area contributed by atoms with Crippen LogP contribution in [-0.2, 0) is 19.6 Å². The van der Waals surface area contributed by atoms with E-state index in [4.69, 9.17) is 0 Å². The quantitative estimate of drug-likeness (QED) is 0.757. The molecular formula is C10H14BrNO4S2. The van der Waals surface area contributed by atoms with Gasteiger partial charge in [0.25, 0.3) is 10.0 Å². The van der Waals surface area contributed by atoms with Gasteiger partial charge in [0.05, 0.1) is 13.0 Å². The van der Waals surface area contributed by atoms with E-state index in [2.05, 4.69) is 20.7 Å². The maximum absolute atomic E-state index is 12.2. The Labute approximate surface area is 119 Å². The Morgan fingerprint density at radius 1 is 1.61 bits per heavy atom. The van der Waals surface area contributed by atoms with Crippen LogP contribution >= 0.6 is 27.3 Å². The lowest BCUT2D eigenvalue weighted by Crippen LogP contribution is -2.34. The van der Waals surface area contributed by atoms with Crippen LogP contribution in [0, 0.1) is 5.92 Å². The Morgan fingerprint density at radius 3 is 2.67 bits per heavy atom. The second kappa shape index (κ2) is 6.14. The van der Waals surface area contributed by atoms with Crippen molar-refractivity contribution in [3.8, 4) is 0 Å². The molecule has 0 bridgehead atoms. The molecule has 0 N–H and O–H groups in total. The Hall–Kier alpha value is -0.440. The lowest BCUT2D eigenvalue weighted by molar-refractivity contribution is -0.144. The van der Waals surface area contributed by atoms with Gasteiger partial charge in [0.15, 0.2) is 0 Å². The summed E-state index contributed by atoms with van der Waals surface area (Å²) in [6.45, 7) is 1.71. The van der Waals surface area contributed by atoms with Gasteiger partial charge in [-0.3, -0.25) is 4.79 Å². The number of hydrogen-bond acceptors (Lipinski definition) is 5. The molecular weight excluding hydrogens is 342 g/mol. The van der Waals surface area contributed by atoms with Crippen molar-refractivity contribution < 1.29 is 17.9 Å². The van der Waals surface area contributed by atoms with E-state index in [9.17, 15) is 13.2 Å². The van der Waals surface area contributed by atoms with Crippen LogP contribution in [0.15, 0.2) is 20.1 Å². The first-order chi connectivity index (χ1) is 8.30. The fraction of sp³-hybridized carbons (Fsp3) is 0.500. The van der Waals surface area contributed by atoms with E-state index in [0.717, 1.165) is 15.6 Å². The summed E-state index contributed by atoms with van der Waals surface area (Å²) >= 11 is 4.33. The Bertz CT molecular complexity index is 526. The molecule has 102 valence electrons. The van der Waals surface area contributed by atoms with Crippen molar-refractivity contribution in [1.29, 1.82) is 0 Å². The van der Waals surface area contributed by atoms with Crippen molar-refractivity contribution >= 4 is 43.3 Å². The van der Waals surface area contributed by atoms with Gasteiger partial charge in [-0.15, -0.1) is 11.3 Å². The first kappa shape index (κ1) is 15.6. The standard InChI is InChI=1S/C10H14BrNO4S2/c1-7(9(13)16-3)6-12(2)18(14,15)10-8(11)4-5-17-10/h4-5,7H,6H2,1-3H3. The van der Waals surface area contributed by atoms with Crippen LogP contribution in [0.2, 0.25) is 0 Å². The average Bonchev–Trinajstić information content (AvgIpc) is 2.74. The monoisotopic (exact) mass is 355 g/mol. The molecule has 0 aliphatic heterocycles. The summed E-state index contributed by atoms with van der Waals surface area (Å²) in [5.41, 5.74) is 0. The first-order valence-corrected chi connectivity index (χ1v) is 8.19. The van der Waals surface area contributed by atoms with Gasteiger partial charge in [-0.2, -0.15) is 4.31 Å². The lowest BCUT2D eigenvalue weighted by Gasteiger charge is -2.19. The van der Waals surface area contributed by atoms with Gasteiger partial charge in [-0.1, -0.05) is 6.92 Å². The number of esters is 1. The first-order valence-electron chi connectivity index (χ1n) is 5.08. The molecule has 1 heterocycles. The van der Waals surface area contributed by atoms with E-state index in [0.29, 0.717) is 4.47 Å². The van der Waals surface area contributed by atoms with Crippen LogP contribution in [0.25, 0.3) is 0 Å². The minimum Gasteiger partial charge on any atom is -0.469 e. The summed E-state index contributed by atoms with van der Waals surface area (Å²) in [5.74, 6) is -0.934. The second-order valence-electron chi connectivity index (χ2n) is 3.77. The number of rotatable bonds is 5. The molecule has 0 fully saturated rings. The highest BCUT2D eigenvalue weighted by atomic mass is 79.9. The van der Waals surface area contributed by atoms with Gasteiger partial charge in [0, 0.05) is 18.1 Å². The van der Waals surface area contributed by atoms with E-state index in [1.165, 1.54) is 14.2 Å². The molecule has 1 rings (SSSR count). The normalized spacial score (nSPS) is 13.6. The minimum absolute atomic E-state index is 0.0827. The van der Waals surface area contributed by atoms with Crippen molar-refractivity contribution in [2.45, 2.75) is 11.1 Å². The molecule has 1 unspecified atom stereocenters. The molecule has 0 aliphatic carbocycles. The van der Waals surface area contributed by atoms with Crippen molar-refractivity contribution in [1.82, 2.24) is 4.31 Å². The van der Waals surface area contributed by atoms with Gasteiger partial charge in [-0.05, 0) is 27.4 Å². The summed E-state index contributed by atoms with van der Waals surface area (Å²) in [6.07, 6.45) is 0. The van der Waals surface area contributed by atoms with Gasteiger partial charge < -0.3 is 4.74 Å². The van der Waals surface area contributed by atoms with Crippen molar-refractivity contribution in [2.75, 3.05) is 20.7 Å². The van der Waals surface area contributed by atoms with Gasteiger partial charge in [0.2, 0.25) is 0 Å². The van der Waals surface area contributed by atoms with Crippen LogP contribution in [0.1, 0.15) is 6.92 Å². The molecule has 0 spiro atoms. The molecule has 0 aliphatic rings. The summed E-state index contributed by atoms with van der Waals surface area (Å²) in [6, 6.07) is 1.68. The van der Waals surface area contributed by atoms with Crippen molar-refractivity contribution in [2.24, 2.45) is 5.92 Å². The smallest absolute Gasteiger partial charge is 0.309 e. The zero-order valence-corrected chi connectivity index (χ0v) is 13.4. The number of carbonyl (C=O) groups excluding carboxylic acids is 1. The minimum atomic E-state index is -3.57. The molecule has 1 aromatic heterocycles. The molecule has 18 heavy (non-hydrogen) atoms. The Balaban J connectivity index is 2.88. The summed E-state index contributed by atoms with van der Waals surface area (Å²) in [7, 11) is -0.840. The number of hydrogen-bond donors (Lipinski definition) is 0. The number of nitrogens with zero attached hydrogens (tertiary/aromatic N) is 1. The van der Waals surface area contributed by atoms with E-state index in [1.54, 1.807) is 18.4 Å². The largest absolute Gasteiger partial charge is 0.469 e. The molecule has 5 nitrogen and oxygen atoms in total. The average molecular weight is 356 g/mol. The fourth-order valence-corrected chi connectivity index (χ4v) is 5.13. The highest BCUT2D eigenvalue weighted by Gasteiger charge is 2.27. The molecule has 0 aromatic carbocycles. The van der Waals surface area contributed by atoms with E-state index >= 15 is 0 Å². The maximum atomic E-state index is 12.2. The predicted molar refractivity (Wildman–Crippen MR) is 73.0 cm³/mol. The van der Waals surface area contributed by atoms with E-state index < -0.39 is 21.9 Å². The number of ether oxygens (including phenoxy) is 1. The Kier molecular flexibility index (Phi) is 5.32. The number of carbonyl (C=O) groups is 1. The second-order valence-corrected chi connectivity index (χ2v) is 7.78. The number of methoxy groups -OCH3 is 1. The molecule has 1 atom stereocenters. The summed E-state index contributed by atoms with van der Waals surface area (Å²) in [4.78, 5) is 11.3. The topological polar surface area (TPSA) is 63.7 Å². The number of thiophene rings is 1. The zero-order valence-electron chi connectivity index (χ0n) is 10.2. The predicted octanol–water partition coefficient (Wildman–Crippen LogP) is 1.94. The van der Waals surface area contributed by atoms with E-state index in [-0.39, 0.29) is 10.8 Å². The molecule has 0 saturated carbocycles.